The molecule has 0 atom stereocenters. The fraction of sp³-hybridized carbons (Fsp3) is 0.167. The van der Waals surface area contributed by atoms with Gasteiger partial charge in [-0.1, -0.05) is 0 Å². The van der Waals surface area contributed by atoms with Gasteiger partial charge in [0.1, 0.15) is 5.76 Å². The molecule has 0 saturated heterocycles. The van der Waals surface area contributed by atoms with Gasteiger partial charge in [0, 0.05) is 5.56 Å². The summed E-state index contributed by atoms with van der Waals surface area (Å²) in [6, 6.07) is 1.37. The Morgan fingerprint density at radius 3 is 2.67 bits per heavy atom. The Balaban J connectivity index is 3.08. The van der Waals surface area contributed by atoms with Gasteiger partial charge in [0.25, 0.3) is 0 Å². The molecule has 1 aromatic rings. The van der Waals surface area contributed by atoms with Gasteiger partial charge >= 0.3 is 0 Å². The predicted molar refractivity (Wildman–Crippen MR) is 27.8 cm³/mol. The van der Waals surface area contributed by atoms with E-state index in [0.29, 0.717) is 5.76 Å². The second-order valence-electron chi connectivity index (χ2n) is 1.68. The topological polar surface area (TPSA) is 53.3 Å². The third-order valence-corrected chi connectivity index (χ3v) is 1.08. The molecule has 0 N–H and O–H groups in total. The van der Waals surface area contributed by atoms with Crippen LogP contribution in [0.25, 0.3) is 0 Å². The summed E-state index contributed by atoms with van der Waals surface area (Å²) in [6.45, 7) is 1.57. The molecule has 0 unspecified atom stereocenters. The second kappa shape index (κ2) is 1.93. The van der Waals surface area contributed by atoms with Crippen LogP contribution in [0.5, 0.6) is 0 Å². The summed E-state index contributed by atoms with van der Waals surface area (Å²) in [5.74, 6) is -0.809. The Bertz CT molecular complexity index is 224. The van der Waals surface area contributed by atoms with Gasteiger partial charge in [-0.05, 0) is 13.0 Å². The molecule has 1 aromatic heterocycles. The first-order chi connectivity index (χ1) is 4.22. The molecular weight excluding hydrogens is 120 g/mol. The highest BCUT2D eigenvalue weighted by Crippen LogP contribution is 2.05. The number of carboxylic acids is 1. The average Bonchev–Trinajstić information content (AvgIpc) is 2.13. The highest BCUT2D eigenvalue weighted by molar-refractivity contribution is 5.86. The van der Waals surface area contributed by atoms with Crippen LogP contribution in [0, 0.1) is 6.92 Å². The summed E-state index contributed by atoms with van der Waals surface area (Å²) in [7, 11) is 0. The monoisotopic (exact) mass is 125 g/mol. The van der Waals surface area contributed by atoms with Crippen LogP contribution in [0.1, 0.15) is 16.1 Å². The van der Waals surface area contributed by atoms with E-state index in [0.717, 1.165) is 0 Å². The van der Waals surface area contributed by atoms with Crippen molar-refractivity contribution in [2.45, 2.75) is 6.92 Å². The summed E-state index contributed by atoms with van der Waals surface area (Å²) in [5, 5.41) is 10.1. The highest BCUT2D eigenvalue weighted by atomic mass is 16.4. The normalized spacial score (nSPS) is 9.44. The second-order valence-corrected chi connectivity index (χ2v) is 1.68. The van der Waals surface area contributed by atoms with E-state index < -0.39 is 5.97 Å². The number of aromatic carboxylic acids is 1. The third kappa shape index (κ3) is 0.937. The predicted octanol–water partition coefficient (Wildman–Crippen LogP) is -0.0485. The molecule has 0 aliphatic heterocycles. The molecule has 0 aliphatic carbocycles. The van der Waals surface area contributed by atoms with Crippen molar-refractivity contribution in [1.29, 1.82) is 0 Å². The molecule has 1 rings (SSSR count). The Morgan fingerprint density at radius 1 is 1.78 bits per heavy atom. The van der Waals surface area contributed by atoms with E-state index in [1.165, 1.54) is 12.3 Å². The van der Waals surface area contributed by atoms with Crippen molar-refractivity contribution in [1.82, 2.24) is 0 Å². The van der Waals surface area contributed by atoms with Gasteiger partial charge in [-0.3, -0.25) is 0 Å². The fourth-order valence-corrected chi connectivity index (χ4v) is 0.597. The quantitative estimate of drug-likeness (QED) is 0.528. The standard InChI is InChI=1S/C6H6O3/c1-4-5(6(7)8)2-3-9-4/h2-3H,1H3,(H,7,8)/p-1. The van der Waals surface area contributed by atoms with Gasteiger partial charge in [-0.15, -0.1) is 0 Å². The van der Waals surface area contributed by atoms with Crippen LogP contribution in [0.3, 0.4) is 0 Å². The first kappa shape index (κ1) is 5.88. The lowest BCUT2D eigenvalue weighted by molar-refractivity contribution is -0.255. The largest absolute Gasteiger partial charge is 0.545 e. The molecule has 0 bridgehead atoms. The van der Waals surface area contributed by atoms with E-state index in [4.69, 9.17) is 4.42 Å². The minimum atomic E-state index is -1.19. The zero-order chi connectivity index (χ0) is 6.85. The molecule has 0 aromatic carbocycles. The van der Waals surface area contributed by atoms with Gasteiger partial charge in [0.2, 0.25) is 0 Å². The molecule has 0 fully saturated rings. The van der Waals surface area contributed by atoms with E-state index >= 15 is 0 Å². The molecule has 0 aliphatic rings. The number of hydrogen-bond acceptors (Lipinski definition) is 3. The van der Waals surface area contributed by atoms with Gasteiger partial charge in [-0.25, -0.2) is 0 Å². The molecular formula is C6H5O3-. The molecule has 9 heavy (non-hydrogen) atoms. The van der Waals surface area contributed by atoms with Crippen LogP contribution in [0.15, 0.2) is 16.7 Å². The fourth-order valence-electron chi connectivity index (χ4n) is 0.597. The highest BCUT2D eigenvalue weighted by Gasteiger charge is 1.98. The third-order valence-electron chi connectivity index (χ3n) is 1.08. The number of carbonyl (C=O) groups is 1. The number of carboxylic acid groups (broad SMARTS) is 1. The van der Waals surface area contributed by atoms with Gasteiger partial charge in [0.05, 0.1) is 12.2 Å². The van der Waals surface area contributed by atoms with Crippen molar-refractivity contribution < 1.29 is 14.3 Å². The maximum atomic E-state index is 10.1. The van der Waals surface area contributed by atoms with E-state index in [9.17, 15) is 9.90 Å². The van der Waals surface area contributed by atoms with Crippen molar-refractivity contribution >= 4 is 5.97 Å². The van der Waals surface area contributed by atoms with Crippen LogP contribution < -0.4 is 5.11 Å². The Labute approximate surface area is 51.9 Å². The number of aryl methyl sites for hydroxylation is 1. The Morgan fingerprint density at radius 2 is 2.44 bits per heavy atom. The van der Waals surface area contributed by atoms with Crippen molar-refractivity contribution in [2.75, 3.05) is 0 Å². The van der Waals surface area contributed by atoms with E-state index in [-0.39, 0.29) is 5.56 Å². The van der Waals surface area contributed by atoms with Crippen LogP contribution in [-0.2, 0) is 0 Å². The maximum absolute atomic E-state index is 10.1. The molecule has 0 amide bonds. The van der Waals surface area contributed by atoms with Crippen molar-refractivity contribution in [3.8, 4) is 0 Å². The lowest BCUT2D eigenvalue weighted by atomic mass is 10.3. The SMILES string of the molecule is Cc1occc1C(=O)[O-]. The zero-order valence-corrected chi connectivity index (χ0v) is 4.88. The molecule has 0 saturated carbocycles. The number of rotatable bonds is 1. The van der Waals surface area contributed by atoms with Crippen molar-refractivity contribution in [2.24, 2.45) is 0 Å². The molecule has 48 valence electrons. The first-order valence-electron chi connectivity index (χ1n) is 2.47. The molecule has 0 radical (unpaired) electrons. The number of hydrogen-bond donors (Lipinski definition) is 0. The maximum Gasteiger partial charge on any atom is 0.109 e. The van der Waals surface area contributed by atoms with Crippen LogP contribution in [0.4, 0.5) is 0 Å². The average molecular weight is 125 g/mol. The van der Waals surface area contributed by atoms with Crippen molar-refractivity contribution in [3.63, 3.8) is 0 Å². The molecule has 3 nitrogen and oxygen atoms in total. The van der Waals surface area contributed by atoms with Crippen LogP contribution in [0.2, 0.25) is 0 Å². The Kier molecular flexibility index (Phi) is 1.26. The van der Waals surface area contributed by atoms with E-state index in [1.54, 1.807) is 6.92 Å². The summed E-state index contributed by atoms with van der Waals surface area (Å²) in [6.07, 6.45) is 1.32. The smallest absolute Gasteiger partial charge is 0.109 e. The zero-order valence-electron chi connectivity index (χ0n) is 4.88. The van der Waals surface area contributed by atoms with E-state index in [2.05, 4.69) is 0 Å². The lowest BCUT2D eigenvalue weighted by Crippen LogP contribution is -2.22. The molecule has 0 spiro atoms. The number of carbonyl (C=O) groups excluding carboxylic acids is 1. The van der Waals surface area contributed by atoms with Crippen LogP contribution >= 0.6 is 0 Å². The Hall–Kier alpha value is -1.25. The number of furan rings is 1. The lowest BCUT2D eigenvalue weighted by Gasteiger charge is -1.95. The van der Waals surface area contributed by atoms with Gasteiger partial charge in [0.15, 0.2) is 0 Å². The summed E-state index contributed by atoms with van der Waals surface area (Å²) < 4.78 is 4.70. The van der Waals surface area contributed by atoms with Gasteiger partial charge in [-0.2, -0.15) is 0 Å². The first-order valence-corrected chi connectivity index (χ1v) is 2.47. The molecule has 3 heteroatoms. The minimum Gasteiger partial charge on any atom is -0.545 e. The summed E-state index contributed by atoms with van der Waals surface area (Å²) >= 11 is 0. The minimum absolute atomic E-state index is 0.120. The molecule has 1 heterocycles. The summed E-state index contributed by atoms with van der Waals surface area (Å²) in [4.78, 5) is 10.1. The van der Waals surface area contributed by atoms with Crippen LogP contribution in [-0.4, -0.2) is 5.97 Å². The van der Waals surface area contributed by atoms with E-state index in [1.807, 2.05) is 0 Å². The van der Waals surface area contributed by atoms with Gasteiger partial charge < -0.3 is 14.3 Å². The van der Waals surface area contributed by atoms with Crippen molar-refractivity contribution in [3.05, 3.63) is 23.7 Å². The summed E-state index contributed by atoms with van der Waals surface area (Å²) in [5.41, 5.74) is 0.120.